The van der Waals surface area contributed by atoms with E-state index in [0.717, 1.165) is 99.9 Å². The van der Waals surface area contributed by atoms with E-state index >= 15 is 0 Å². The number of aliphatic imine (C=N–C) groups is 2. The van der Waals surface area contributed by atoms with E-state index in [9.17, 15) is 10.2 Å². The smallest absolute Gasteiger partial charge is 0.176 e. The Kier molecular flexibility index (Phi) is 9.32. The summed E-state index contributed by atoms with van der Waals surface area (Å²) >= 11 is 5.74. The molecule has 2 N–H and O–H groups in total. The van der Waals surface area contributed by atoms with E-state index in [1.807, 2.05) is 73.1 Å². The second kappa shape index (κ2) is 14.6. The molecule has 1 saturated carbocycles. The third-order valence-electron chi connectivity index (χ3n) is 11.0. The molecule has 8 aromatic carbocycles. The van der Waals surface area contributed by atoms with E-state index < -0.39 is 0 Å². The molecule has 0 unspecified atom stereocenters. The first-order valence-corrected chi connectivity index (χ1v) is 19.7. The fourth-order valence-electron chi connectivity index (χ4n) is 8.35. The SMILES string of the molecule is Oc1c(C=N[C@@H]2CCCC[C@H]2N=Cc2cc3ccccc3c(-c3[c]([Al])ccc4ccccc34)c2O)cc2ccccc2c1-c1[c]([Al])ccc2ccccc12. The molecule has 1 aliphatic rings. The molecule has 4 nitrogen and oxygen atoms in total. The lowest BCUT2D eigenvalue weighted by Crippen LogP contribution is -2.27. The molecule has 256 valence electrons. The van der Waals surface area contributed by atoms with Gasteiger partial charge in [0.1, 0.15) is 11.5 Å². The normalized spacial score (nSPS) is 16.4. The summed E-state index contributed by atoms with van der Waals surface area (Å²) in [6.07, 6.45) is 7.64. The number of nitrogens with zero attached hydrogens (tertiary/aromatic N) is 2. The standard InChI is InChI=1S/C48H36N2O2.2Al/c51-47-35(27-33-15-3-7-21-39(33)45(47)41-23-11-17-31-13-1-5-19-37(31)41)29-49-43-25-9-10-26-44(43)50-30-36-28-34-16-4-8-22-40(34)46(48(36)52)42-24-12-18-32-14-2-6-20-38(32)42;;/h1-8,11-22,27-30,43-44,51-52H,9-10,25-26H2;;/t43-,44-;;/m1../s1. The average molecular weight is 727 g/mol. The van der Waals surface area contributed by atoms with E-state index in [2.05, 4.69) is 105 Å². The molecule has 9 rings (SSSR count). The third-order valence-corrected chi connectivity index (χ3v) is 12.0. The molecule has 0 aromatic heterocycles. The van der Waals surface area contributed by atoms with Crippen molar-refractivity contribution in [1.29, 1.82) is 0 Å². The highest BCUT2D eigenvalue weighted by atomic mass is 27.1. The first-order valence-electron chi connectivity index (χ1n) is 18.6. The van der Waals surface area contributed by atoms with Crippen LogP contribution in [0.3, 0.4) is 0 Å². The lowest BCUT2D eigenvalue weighted by atomic mass is 9.90. The summed E-state index contributed by atoms with van der Waals surface area (Å²) in [6, 6.07) is 45.5. The minimum atomic E-state index is -0.0575. The summed E-state index contributed by atoms with van der Waals surface area (Å²) in [5, 5.41) is 32.6. The molecule has 8 aromatic rings. The van der Waals surface area contributed by atoms with Gasteiger partial charge >= 0.3 is 0 Å². The summed E-state index contributed by atoms with van der Waals surface area (Å²) < 4.78 is 2.05. The van der Waals surface area contributed by atoms with Gasteiger partial charge in [0, 0.05) is 34.7 Å². The first kappa shape index (κ1) is 34.6. The van der Waals surface area contributed by atoms with Gasteiger partial charge in [0.2, 0.25) is 0 Å². The average Bonchev–Trinajstić information content (AvgIpc) is 3.20. The van der Waals surface area contributed by atoms with E-state index in [4.69, 9.17) is 9.98 Å². The Balaban J connectivity index is 1.11. The Morgan fingerprint density at radius 2 is 0.796 bits per heavy atom. The maximum Gasteiger partial charge on any atom is 0.176 e. The molecule has 0 amide bonds. The maximum atomic E-state index is 12.0. The number of hydrogen-bond donors (Lipinski definition) is 2. The van der Waals surface area contributed by atoms with Crippen LogP contribution in [-0.2, 0) is 0 Å². The molecule has 1 fully saturated rings. The lowest BCUT2D eigenvalue weighted by molar-refractivity contribution is 0.390. The molecule has 0 aliphatic heterocycles. The molecule has 0 bridgehead atoms. The quantitative estimate of drug-likeness (QED) is 0.133. The van der Waals surface area contributed by atoms with Gasteiger partial charge in [0.05, 0.1) is 12.1 Å². The lowest BCUT2D eigenvalue weighted by Gasteiger charge is -2.26. The summed E-state index contributed by atoms with van der Waals surface area (Å²) in [4.78, 5) is 10.3. The zero-order chi connectivity index (χ0) is 36.8. The van der Waals surface area contributed by atoms with Gasteiger partial charge in [-0.3, -0.25) is 9.98 Å². The van der Waals surface area contributed by atoms with Crippen molar-refractivity contribution in [3.05, 3.63) is 145 Å². The first-order chi connectivity index (χ1) is 26.5. The van der Waals surface area contributed by atoms with Crippen LogP contribution in [0.2, 0.25) is 0 Å². The zero-order valence-electron chi connectivity index (χ0n) is 29.8. The maximum absolute atomic E-state index is 12.0. The number of aromatic hydroxyl groups is 2. The Morgan fingerprint density at radius 1 is 0.444 bits per heavy atom. The molecule has 0 spiro atoms. The van der Waals surface area contributed by atoms with Gasteiger partial charge in [-0.05, 0) is 79.2 Å². The third kappa shape index (κ3) is 6.20. The van der Waals surface area contributed by atoms with Crippen molar-refractivity contribution in [2.75, 3.05) is 0 Å². The summed E-state index contributed by atoms with van der Waals surface area (Å²) in [5.74, 6) is 0.452. The van der Waals surface area contributed by atoms with Crippen molar-refractivity contribution < 1.29 is 10.2 Å². The van der Waals surface area contributed by atoms with Crippen molar-refractivity contribution in [2.45, 2.75) is 37.8 Å². The van der Waals surface area contributed by atoms with Crippen LogP contribution < -0.4 is 8.85 Å². The number of benzene rings is 8. The minimum absolute atomic E-state index is 0.0575. The van der Waals surface area contributed by atoms with Crippen LogP contribution in [-0.4, -0.2) is 67.3 Å². The monoisotopic (exact) mass is 726 g/mol. The number of rotatable bonds is 6. The number of fused-ring (bicyclic) bond motifs is 4. The topological polar surface area (TPSA) is 65.2 Å². The summed E-state index contributed by atoms with van der Waals surface area (Å²) in [5.41, 5.74) is 5.03. The fraction of sp³-hybridized carbons (Fsp3) is 0.125. The Hall–Kier alpha value is -5.20. The molecular weight excluding hydrogens is 691 g/mol. The molecule has 4 radical (unpaired) electrons. The van der Waals surface area contributed by atoms with Crippen molar-refractivity contribution in [3.8, 4) is 33.8 Å². The summed E-state index contributed by atoms with van der Waals surface area (Å²) in [7, 11) is 0. The Bertz CT molecular complexity index is 2620. The molecule has 6 heteroatoms. The van der Waals surface area contributed by atoms with Gasteiger partial charge in [-0.2, -0.15) is 0 Å². The molecule has 0 heterocycles. The number of hydrogen-bond acceptors (Lipinski definition) is 4. The van der Waals surface area contributed by atoms with E-state index in [0.29, 0.717) is 11.1 Å². The van der Waals surface area contributed by atoms with E-state index in [1.54, 1.807) is 0 Å². The number of phenolic OH excluding ortho intramolecular Hbond substituents is 2. The van der Waals surface area contributed by atoms with Crippen LogP contribution >= 0.6 is 0 Å². The van der Waals surface area contributed by atoms with Gasteiger partial charge in [-0.15, -0.1) is 8.85 Å². The highest BCUT2D eigenvalue weighted by Gasteiger charge is 2.25. The number of phenols is 2. The van der Waals surface area contributed by atoms with Gasteiger partial charge < -0.3 is 10.2 Å². The molecule has 0 saturated heterocycles. The Morgan fingerprint density at radius 3 is 1.20 bits per heavy atom. The minimum Gasteiger partial charge on any atom is -0.507 e. The van der Waals surface area contributed by atoms with E-state index in [1.165, 1.54) is 0 Å². The second-order valence-corrected chi connectivity index (χ2v) is 15.5. The highest BCUT2D eigenvalue weighted by Crippen LogP contribution is 2.43. The molecule has 1 aliphatic carbocycles. The zero-order valence-corrected chi connectivity index (χ0v) is 32.1. The van der Waals surface area contributed by atoms with Crippen molar-refractivity contribution in [3.63, 3.8) is 0 Å². The van der Waals surface area contributed by atoms with Crippen LogP contribution in [0.4, 0.5) is 0 Å². The van der Waals surface area contributed by atoms with Crippen LogP contribution in [0.1, 0.15) is 36.8 Å². The Labute approximate surface area is 331 Å². The predicted molar refractivity (Wildman–Crippen MR) is 229 cm³/mol. The molecule has 54 heavy (non-hydrogen) atoms. The van der Waals surface area contributed by atoms with Crippen LogP contribution in [0.15, 0.2) is 143 Å². The fourth-order valence-corrected chi connectivity index (χ4v) is 9.14. The van der Waals surface area contributed by atoms with E-state index in [-0.39, 0.29) is 23.6 Å². The van der Waals surface area contributed by atoms with Crippen LogP contribution in [0.5, 0.6) is 11.5 Å². The van der Waals surface area contributed by atoms with Gasteiger partial charge in [-0.25, -0.2) is 0 Å². The van der Waals surface area contributed by atoms with Crippen molar-refractivity contribution in [1.82, 2.24) is 0 Å². The van der Waals surface area contributed by atoms with Gasteiger partial charge in [0.25, 0.3) is 0 Å². The summed E-state index contributed by atoms with van der Waals surface area (Å²) in [6.45, 7) is 0. The van der Waals surface area contributed by atoms with Crippen LogP contribution in [0, 0.1) is 0 Å². The van der Waals surface area contributed by atoms with Crippen LogP contribution in [0.25, 0.3) is 65.3 Å². The molecule has 2 atom stereocenters. The largest absolute Gasteiger partial charge is 0.507 e. The highest BCUT2D eigenvalue weighted by molar-refractivity contribution is 6.40. The second-order valence-electron chi connectivity index (χ2n) is 14.3. The van der Waals surface area contributed by atoms with Gasteiger partial charge in [0.15, 0.2) is 32.6 Å². The predicted octanol–water partition coefficient (Wildman–Crippen LogP) is 9.48. The van der Waals surface area contributed by atoms with Crippen molar-refractivity contribution in [2.24, 2.45) is 9.98 Å². The van der Waals surface area contributed by atoms with Crippen molar-refractivity contribution >= 4 is 97.0 Å². The van der Waals surface area contributed by atoms with Gasteiger partial charge in [-0.1, -0.05) is 134 Å². The molecular formula is C48H36Al2N2O2.